The molecule has 1 aliphatic rings. The minimum absolute atomic E-state index is 0.0154. The van der Waals surface area contributed by atoms with Crippen LogP contribution in [0, 0.1) is 0 Å². The lowest BCUT2D eigenvalue weighted by Crippen LogP contribution is -2.41. The van der Waals surface area contributed by atoms with Gasteiger partial charge in [-0.05, 0) is 47.5 Å². The van der Waals surface area contributed by atoms with Crippen molar-refractivity contribution in [3.8, 4) is 11.5 Å². The Morgan fingerprint density at radius 3 is 2.10 bits per heavy atom. The predicted molar refractivity (Wildman–Crippen MR) is 125 cm³/mol. The summed E-state index contributed by atoms with van der Waals surface area (Å²) in [6, 6.07) is 23.6. The van der Waals surface area contributed by atoms with Crippen molar-refractivity contribution < 1.29 is 14.3 Å². The number of hydrogen-bond acceptors (Lipinski definition) is 5. The maximum absolute atomic E-state index is 13.1. The van der Waals surface area contributed by atoms with Gasteiger partial charge in [0.25, 0.3) is 0 Å². The molecule has 160 valence electrons. The summed E-state index contributed by atoms with van der Waals surface area (Å²) in [4.78, 5) is 16.5. The Balaban J connectivity index is 1.56. The minimum atomic E-state index is -0.265. The van der Waals surface area contributed by atoms with E-state index in [9.17, 15) is 4.79 Å². The normalized spacial score (nSPS) is 12.9. The van der Waals surface area contributed by atoms with Crippen molar-refractivity contribution in [3.05, 3.63) is 83.9 Å². The number of anilines is 1. The van der Waals surface area contributed by atoms with Crippen LogP contribution in [0.15, 0.2) is 77.7 Å². The van der Waals surface area contributed by atoms with Crippen molar-refractivity contribution in [2.75, 3.05) is 38.0 Å². The number of carbonyl (C=O) groups excluding carboxylic acids is 1. The highest BCUT2D eigenvalue weighted by Crippen LogP contribution is 2.34. The maximum atomic E-state index is 13.1. The molecule has 1 N–H and O–H groups in total. The molecule has 1 amide bonds. The van der Waals surface area contributed by atoms with Crippen LogP contribution in [0.4, 0.5) is 5.69 Å². The van der Waals surface area contributed by atoms with Gasteiger partial charge in [-0.15, -0.1) is 11.8 Å². The van der Waals surface area contributed by atoms with Crippen LogP contribution in [0.1, 0.15) is 17.2 Å². The number of benzene rings is 3. The lowest BCUT2D eigenvalue weighted by atomic mass is 9.98. The van der Waals surface area contributed by atoms with Crippen LogP contribution >= 0.6 is 11.8 Å². The molecular formula is C25H26N2O3S. The maximum Gasteiger partial charge on any atom is 0.240 e. The number of thioether (sulfide) groups is 1. The van der Waals surface area contributed by atoms with E-state index in [0.717, 1.165) is 40.6 Å². The molecule has 6 heteroatoms. The zero-order chi connectivity index (χ0) is 21.6. The second kappa shape index (κ2) is 9.79. The third-order valence-electron chi connectivity index (χ3n) is 5.36. The number of nitrogens with zero attached hydrogens (tertiary/aromatic N) is 1. The summed E-state index contributed by atoms with van der Waals surface area (Å²) in [5, 5.41) is 3.23. The molecule has 1 aliphatic heterocycles. The average Bonchev–Trinajstić information content (AvgIpc) is 2.83. The zero-order valence-corrected chi connectivity index (χ0v) is 18.5. The molecule has 3 aromatic carbocycles. The Labute approximate surface area is 187 Å². The van der Waals surface area contributed by atoms with Crippen LogP contribution in [-0.2, 0) is 4.79 Å². The van der Waals surface area contributed by atoms with Crippen molar-refractivity contribution in [1.29, 1.82) is 0 Å². The van der Waals surface area contributed by atoms with Gasteiger partial charge < -0.3 is 19.7 Å². The molecule has 0 aliphatic carbocycles. The van der Waals surface area contributed by atoms with E-state index in [1.165, 1.54) is 4.90 Å². The van der Waals surface area contributed by atoms with Crippen LogP contribution in [0.2, 0.25) is 0 Å². The van der Waals surface area contributed by atoms with Gasteiger partial charge in [0.15, 0.2) is 0 Å². The highest BCUT2D eigenvalue weighted by atomic mass is 32.2. The van der Waals surface area contributed by atoms with Gasteiger partial charge in [0.05, 0.1) is 32.5 Å². The molecule has 0 radical (unpaired) electrons. The van der Waals surface area contributed by atoms with E-state index in [1.807, 2.05) is 72.4 Å². The van der Waals surface area contributed by atoms with Gasteiger partial charge in [-0.25, -0.2) is 0 Å². The summed E-state index contributed by atoms with van der Waals surface area (Å²) in [6.07, 6.45) is 0. The smallest absolute Gasteiger partial charge is 0.240 e. The predicted octanol–water partition coefficient (Wildman–Crippen LogP) is 4.52. The Bertz CT molecular complexity index is 974. The van der Waals surface area contributed by atoms with Crippen LogP contribution in [-0.4, -0.2) is 39.0 Å². The summed E-state index contributed by atoms with van der Waals surface area (Å²) >= 11 is 1.84. The highest BCUT2D eigenvalue weighted by Gasteiger charge is 2.22. The Hall–Kier alpha value is -3.12. The SMILES string of the molecule is COc1ccc(C(NC(=O)CN2CCSc3ccccc32)c2ccc(OC)cc2)cc1. The number of nitrogens with one attached hydrogen (secondary N) is 1. The summed E-state index contributed by atoms with van der Waals surface area (Å²) < 4.78 is 10.6. The Kier molecular flexibility index (Phi) is 6.67. The summed E-state index contributed by atoms with van der Waals surface area (Å²) in [5.41, 5.74) is 3.11. The third kappa shape index (κ3) is 4.97. The number of amides is 1. The highest BCUT2D eigenvalue weighted by molar-refractivity contribution is 7.99. The van der Waals surface area contributed by atoms with E-state index in [1.54, 1.807) is 14.2 Å². The molecule has 0 saturated carbocycles. The third-order valence-corrected chi connectivity index (χ3v) is 6.41. The fourth-order valence-electron chi connectivity index (χ4n) is 3.72. The number of hydrogen-bond donors (Lipinski definition) is 1. The van der Waals surface area contributed by atoms with Gasteiger partial charge in [0, 0.05) is 17.2 Å². The molecule has 0 bridgehead atoms. The van der Waals surface area contributed by atoms with E-state index < -0.39 is 0 Å². The first kappa shape index (κ1) is 21.1. The number of rotatable bonds is 7. The molecule has 0 fully saturated rings. The number of fused-ring (bicyclic) bond motifs is 1. The van der Waals surface area contributed by atoms with Gasteiger partial charge in [0.2, 0.25) is 5.91 Å². The van der Waals surface area contributed by atoms with Crippen molar-refractivity contribution in [3.63, 3.8) is 0 Å². The molecule has 1 heterocycles. The van der Waals surface area contributed by atoms with Crippen LogP contribution in [0.25, 0.3) is 0 Å². The number of methoxy groups -OCH3 is 2. The van der Waals surface area contributed by atoms with E-state index in [2.05, 4.69) is 22.3 Å². The van der Waals surface area contributed by atoms with E-state index in [-0.39, 0.29) is 11.9 Å². The first-order valence-electron chi connectivity index (χ1n) is 10.2. The monoisotopic (exact) mass is 434 g/mol. The average molecular weight is 435 g/mol. The number of ether oxygens (including phenoxy) is 2. The molecule has 0 spiro atoms. The number of carbonyl (C=O) groups is 1. The van der Waals surface area contributed by atoms with Crippen molar-refractivity contribution in [2.45, 2.75) is 10.9 Å². The standard InChI is InChI=1S/C25H26N2O3S/c1-29-20-11-7-18(8-12-20)25(19-9-13-21(30-2)14-10-19)26-24(28)17-27-15-16-31-23-6-4-3-5-22(23)27/h3-14,25H,15-17H2,1-2H3,(H,26,28). The van der Waals surface area contributed by atoms with Crippen molar-refractivity contribution in [1.82, 2.24) is 5.32 Å². The first-order chi connectivity index (χ1) is 15.2. The van der Waals surface area contributed by atoms with Crippen LogP contribution in [0.5, 0.6) is 11.5 Å². The quantitative estimate of drug-likeness (QED) is 0.592. The molecule has 31 heavy (non-hydrogen) atoms. The second-order valence-electron chi connectivity index (χ2n) is 7.28. The summed E-state index contributed by atoms with van der Waals surface area (Å²) in [5.74, 6) is 2.53. The molecular weight excluding hydrogens is 408 g/mol. The van der Waals surface area contributed by atoms with E-state index >= 15 is 0 Å². The number of para-hydroxylation sites is 1. The van der Waals surface area contributed by atoms with Gasteiger partial charge in [0.1, 0.15) is 11.5 Å². The molecule has 0 unspecified atom stereocenters. The van der Waals surface area contributed by atoms with E-state index in [0.29, 0.717) is 6.54 Å². The summed E-state index contributed by atoms with van der Waals surface area (Å²) in [7, 11) is 3.29. The van der Waals surface area contributed by atoms with Gasteiger partial charge >= 0.3 is 0 Å². The minimum Gasteiger partial charge on any atom is -0.497 e. The van der Waals surface area contributed by atoms with E-state index in [4.69, 9.17) is 9.47 Å². The van der Waals surface area contributed by atoms with Crippen LogP contribution < -0.4 is 19.7 Å². The topological polar surface area (TPSA) is 50.8 Å². The fraction of sp³-hybridized carbons (Fsp3) is 0.240. The molecule has 0 atom stereocenters. The van der Waals surface area contributed by atoms with Gasteiger partial charge in [-0.2, -0.15) is 0 Å². The molecule has 4 rings (SSSR count). The Morgan fingerprint density at radius 2 is 1.52 bits per heavy atom. The fourth-order valence-corrected chi connectivity index (χ4v) is 4.77. The van der Waals surface area contributed by atoms with Crippen LogP contribution in [0.3, 0.4) is 0 Å². The molecule has 0 aromatic heterocycles. The van der Waals surface area contributed by atoms with Gasteiger partial charge in [-0.1, -0.05) is 36.4 Å². The lowest BCUT2D eigenvalue weighted by Gasteiger charge is -2.31. The van der Waals surface area contributed by atoms with Crippen molar-refractivity contribution >= 4 is 23.4 Å². The van der Waals surface area contributed by atoms with Crippen molar-refractivity contribution in [2.24, 2.45) is 0 Å². The zero-order valence-electron chi connectivity index (χ0n) is 17.7. The second-order valence-corrected chi connectivity index (χ2v) is 8.42. The largest absolute Gasteiger partial charge is 0.497 e. The molecule has 3 aromatic rings. The molecule has 5 nitrogen and oxygen atoms in total. The first-order valence-corrected chi connectivity index (χ1v) is 11.2. The lowest BCUT2D eigenvalue weighted by molar-refractivity contribution is -0.120. The summed E-state index contributed by atoms with van der Waals surface area (Å²) in [6.45, 7) is 1.17. The molecule has 0 saturated heterocycles. The van der Waals surface area contributed by atoms with Gasteiger partial charge in [-0.3, -0.25) is 4.79 Å². The Morgan fingerprint density at radius 1 is 0.935 bits per heavy atom.